The van der Waals surface area contributed by atoms with Gasteiger partial charge in [0, 0.05) is 35.8 Å². The van der Waals surface area contributed by atoms with Gasteiger partial charge in [-0.05, 0) is 72.6 Å². The van der Waals surface area contributed by atoms with E-state index in [9.17, 15) is 0 Å². The van der Waals surface area contributed by atoms with Crippen molar-refractivity contribution in [2.24, 2.45) is 0 Å². The SMILES string of the molecule is c1ccc2c(-c3c4ccccc4c(-c4cc5c6ccccc6sc5c5ccsc45)c4ccccc34)cccc2c1. The van der Waals surface area contributed by atoms with Crippen LogP contribution in [0.5, 0.6) is 0 Å². The third-order valence-corrected chi connectivity index (χ3v) is 10.5. The maximum Gasteiger partial charge on any atom is 0.0442 e. The summed E-state index contributed by atoms with van der Waals surface area (Å²) in [5, 5.41) is 14.1. The largest absolute Gasteiger partial charge is 0.143 e. The summed E-state index contributed by atoms with van der Waals surface area (Å²) in [6.07, 6.45) is 0. The van der Waals surface area contributed by atoms with Gasteiger partial charge in [0.1, 0.15) is 0 Å². The average Bonchev–Trinajstić information content (AvgIpc) is 3.65. The van der Waals surface area contributed by atoms with Crippen LogP contribution in [0.4, 0.5) is 0 Å². The molecule has 0 saturated heterocycles. The molecule has 0 unspecified atom stereocenters. The van der Waals surface area contributed by atoms with Gasteiger partial charge in [-0.2, -0.15) is 0 Å². The molecular weight excluding hydrogens is 521 g/mol. The lowest BCUT2D eigenvalue weighted by Gasteiger charge is -2.19. The Morgan fingerprint density at radius 2 is 0.950 bits per heavy atom. The number of rotatable bonds is 2. The smallest absolute Gasteiger partial charge is 0.0442 e. The van der Waals surface area contributed by atoms with Gasteiger partial charge in [-0.15, -0.1) is 22.7 Å². The van der Waals surface area contributed by atoms with Gasteiger partial charge >= 0.3 is 0 Å². The van der Waals surface area contributed by atoms with Crippen molar-refractivity contribution < 1.29 is 0 Å². The van der Waals surface area contributed by atoms with Gasteiger partial charge < -0.3 is 0 Å². The molecular formula is C38H22S2. The second kappa shape index (κ2) is 8.50. The topological polar surface area (TPSA) is 0 Å². The first-order valence-electron chi connectivity index (χ1n) is 13.6. The van der Waals surface area contributed by atoms with E-state index < -0.39 is 0 Å². The fourth-order valence-electron chi connectivity index (χ4n) is 6.65. The minimum atomic E-state index is 1.27. The summed E-state index contributed by atoms with van der Waals surface area (Å²) in [5.41, 5.74) is 5.27. The zero-order valence-electron chi connectivity index (χ0n) is 21.5. The molecule has 0 fully saturated rings. The van der Waals surface area contributed by atoms with E-state index in [-0.39, 0.29) is 0 Å². The van der Waals surface area contributed by atoms with Gasteiger partial charge in [-0.1, -0.05) is 109 Å². The fourth-order valence-corrected chi connectivity index (χ4v) is 8.86. The highest BCUT2D eigenvalue weighted by Gasteiger charge is 2.21. The lowest BCUT2D eigenvalue weighted by molar-refractivity contribution is 1.70. The minimum absolute atomic E-state index is 1.27. The lowest BCUT2D eigenvalue weighted by atomic mass is 9.84. The zero-order chi connectivity index (χ0) is 26.2. The maximum absolute atomic E-state index is 2.47. The highest BCUT2D eigenvalue weighted by Crippen LogP contribution is 2.50. The molecule has 0 aliphatic carbocycles. The van der Waals surface area contributed by atoms with Crippen LogP contribution in [0.15, 0.2) is 133 Å². The molecule has 0 radical (unpaired) electrons. The van der Waals surface area contributed by atoms with Crippen molar-refractivity contribution in [2.45, 2.75) is 0 Å². The number of hydrogen-bond donors (Lipinski definition) is 0. The molecule has 0 atom stereocenters. The summed E-state index contributed by atoms with van der Waals surface area (Å²) in [5.74, 6) is 0. The van der Waals surface area contributed by atoms with Crippen LogP contribution in [0, 0.1) is 0 Å². The molecule has 0 bridgehead atoms. The van der Waals surface area contributed by atoms with Crippen LogP contribution < -0.4 is 0 Å². The molecule has 0 saturated carbocycles. The second-order valence-electron chi connectivity index (χ2n) is 10.4. The Morgan fingerprint density at radius 3 is 1.68 bits per heavy atom. The van der Waals surface area contributed by atoms with Crippen LogP contribution in [0.3, 0.4) is 0 Å². The summed E-state index contributed by atoms with van der Waals surface area (Å²) in [6, 6.07) is 47.1. The summed E-state index contributed by atoms with van der Waals surface area (Å²) >= 11 is 3.77. The van der Waals surface area contributed by atoms with Gasteiger partial charge in [0.2, 0.25) is 0 Å². The molecule has 40 heavy (non-hydrogen) atoms. The van der Waals surface area contributed by atoms with E-state index in [0.29, 0.717) is 0 Å². The van der Waals surface area contributed by atoms with E-state index in [1.54, 1.807) is 0 Å². The predicted octanol–water partition coefficient (Wildman–Crippen LogP) is 12.1. The van der Waals surface area contributed by atoms with Crippen LogP contribution in [-0.2, 0) is 0 Å². The Balaban J connectivity index is 1.49. The van der Waals surface area contributed by atoms with Crippen LogP contribution in [0.2, 0.25) is 0 Å². The van der Waals surface area contributed by atoms with Crippen molar-refractivity contribution in [2.75, 3.05) is 0 Å². The molecule has 2 heterocycles. The summed E-state index contributed by atoms with van der Waals surface area (Å²) in [6.45, 7) is 0. The number of fused-ring (bicyclic) bond motifs is 8. The van der Waals surface area contributed by atoms with Crippen LogP contribution >= 0.6 is 22.7 Å². The first-order chi connectivity index (χ1) is 19.9. The fraction of sp³-hybridized carbons (Fsp3) is 0. The van der Waals surface area contributed by atoms with Crippen LogP contribution in [0.1, 0.15) is 0 Å². The summed E-state index contributed by atoms with van der Waals surface area (Å²) in [7, 11) is 0. The Morgan fingerprint density at radius 1 is 0.375 bits per heavy atom. The van der Waals surface area contributed by atoms with Crippen LogP contribution in [-0.4, -0.2) is 0 Å². The molecule has 0 aliphatic heterocycles. The van der Waals surface area contributed by atoms with Gasteiger partial charge in [-0.3, -0.25) is 0 Å². The molecule has 186 valence electrons. The highest BCUT2D eigenvalue weighted by atomic mass is 32.1. The van der Waals surface area contributed by atoms with Crippen molar-refractivity contribution in [3.05, 3.63) is 133 Å². The van der Waals surface area contributed by atoms with Gasteiger partial charge in [0.15, 0.2) is 0 Å². The van der Waals surface area contributed by atoms with Crippen molar-refractivity contribution in [3.8, 4) is 22.3 Å². The van der Waals surface area contributed by atoms with Crippen molar-refractivity contribution in [3.63, 3.8) is 0 Å². The van der Waals surface area contributed by atoms with E-state index in [4.69, 9.17) is 0 Å². The lowest BCUT2D eigenvalue weighted by Crippen LogP contribution is -1.91. The van der Waals surface area contributed by atoms with Gasteiger partial charge in [-0.25, -0.2) is 0 Å². The van der Waals surface area contributed by atoms with E-state index in [1.807, 2.05) is 22.7 Å². The van der Waals surface area contributed by atoms with E-state index in [1.165, 1.54) is 84.8 Å². The Kier molecular flexibility index (Phi) is 4.74. The summed E-state index contributed by atoms with van der Waals surface area (Å²) < 4.78 is 4.11. The minimum Gasteiger partial charge on any atom is -0.143 e. The molecule has 9 rings (SSSR count). The molecule has 2 aromatic heterocycles. The number of hydrogen-bond acceptors (Lipinski definition) is 2. The number of benzene rings is 7. The third kappa shape index (κ3) is 3.06. The normalized spacial score (nSPS) is 12.0. The van der Waals surface area contributed by atoms with Crippen LogP contribution in [0.25, 0.3) is 84.8 Å². The van der Waals surface area contributed by atoms with Crippen molar-refractivity contribution in [1.82, 2.24) is 0 Å². The molecule has 0 nitrogen and oxygen atoms in total. The Labute approximate surface area is 239 Å². The van der Waals surface area contributed by atoms with Gasteiger partial charge in [0.25, 0.3) is 0 Å². The van der Waals surface area contributed by atoms with E-state index in [2.05, 4.69) is 133 Å². The van der Waals surface area contributed by atoms with Crippen molar-refractivity contribution in [1.29, 1.82) is 0 Å². The van der Waals surface area contributed by atoms with Crippen molar-refractivity contribution >= 4 is 85.2 Å². The number of thiophene rings is 2. The maximum atomic E-state index is 2.47. The molecule has 0 N–H and O–H groups in total. The Hall–Kier alpha value is -4.50. The molecule has 0 spiro atoms. The van der Waals surface area contributed by atoms with Gasteiger partial charge in [0.05, 0.1) is 0 Å². The Bertz CT molecular complexity index is 2370. The highest BCUT2D eigenvalue weighted by molar-refractivity contribution is 7.27. The molecule has 0 amide bonds. The predicted molar refractivity (Wildman–Crippen MR) is 178 cm³/mol. The van der Waals surface area contributed by atoms with E-state index >= 15 is 0 Å². The average molecular weight is 543 g/mol. The zero-order valence-corrected chi connectivity index (χ0v) is 23.2. The first kappa shape index (κ1) is 22.3. The molecule has 0 aliphatic rings. The third-order valence-electron chi connectivity index (χ3n) is 8.34. The molecule has 9 aromatic rings. The monoisotopic (exact) mass is 542 g/mol. The summed E-state index contributed by atoms with van der Waals surface area (Å²) in [4.78, 5) is 0. The molecule has 7 aromatic carbocycles. The van der Waals surface area contributed by atoms with E-state index in [0.717, 1.165) is 0 Å². The standard InChI is InChI=1S/C38H22S2/c1-2-12-24-23(10-1)11-9-18-26(24)35-27-14-3-5-16-29(27)36(30-17-6-4-15-28(30)35)33-22-32-25-13-7-8-19-34(25)40-38(32)31-20-21-39-37(31)33/h1-22H. The first-order valence-corrected chi connectivity index (χ1v) is 15.3. The molecule has 2 heteroatoms. The quantitative estimate of drug-likeness (QED) is 0.191. The second-order valence-corrected chi connectivity index (χ2v) is 12.4.